The summed E-state index contributed by atoms with van der Waals surface area (Å²) in [7, 11) is 0. The van der Waals surface area contributed by atoms with Crippen LogP contribution in [-0.4, -0.2) is 34.2 Å². The van der Waals surface area contributed by atoms with Crippen molar-refractivity contribution in [1.82, 2.24) is 15.2 Å². The fraction of sp³-hybridized carbons (Fsp3) is 0.217. The molecule has 1 saturated heterocycles. The van der Waals surface area contributed by atoms with Crippen molar-refractivity contribution in [3.63, 3.8) is 0 Å². The lowest BCUT2D eigenvalue weighted by Crippen LogP contribution is -2.46. The van der Waals surface area contributed by atoms with Crippen LogP contribution in [0.15, 0.2) is 40.9 Å². The Labute approximate surface area is 172 Å². The molecule has 4 heterocycles. The lowest BCUT2D eigenvalue weighted by Gasteiger charge is -2.28. The summed E-state index contributed by atoms with van der Waals surface area (Å²) >= 11 is 0. The summed E-state index contributed by atoms with van der Waals surface area (Å²) in [6, 6.07) is 8.90. The van der Waals surface area contributed by atoms with Crippen LogP contribution in [0.1, 0.15) is 39.2 Å². The molecule has 5 rings (SSSR count). The number of carbonyl (C=O) groups is 3. The minimum atomic E-state index is -1.32. The van der Waals surface area contributed by atoms with E-state index in [1.807, 2.05) is 19.1 Å². The maximum absolute atomic E-state index is 13.2. The molecule has 7 nitrogen and oxygen atoms in total. The number of carbonyl (C=O) groups excluding carboxylic acids is 3. The zero-order valence-electron chi connectivity index (χ0n) is 16.2. The molecule has 3 aromatic rings. The van der Waals surface area contributed by atoms with Crippen molar-refractivity contribution in [2.45, 2.75) is 25.3 Å². The van der Waals surface area contributed by atoms with Gasteiger partial charge in [-0.1, -0.05) is 18.1 Å². The maximum Gasteiger partial charge on any atom is 0.255 e. The predicted octanol–water partition coefficient (Wildman–Crippen LogP) is 2.06. The number of furan rings is 1. The van der Waals surface area contributed by atoms with Crippen molar-refractivity contribution < 1.29 is 18.8 Å². The molecular weight excluding hydrogens is 382 g/mol. The van der Waals surface area contributed by atoms with E-state index in [9.17, 15) is 14.4 Å². The van der Waals surface area contributed by atoms with Crippen LogP contribution in [0.25, 0.3) is 11.1 Å². The predicted molar refractivity (Wildman–Crippen MR) is 107 cm³/mol. The Bertz CT molecular complexity index is 1270. The third-order valence-corrected chi connectivity index (χ3v) is 5.88. The molecule has 30 heavy (non-hydrogen) atoms. The summed E-state index contributed by atoms with van der Waals surface area (Å²) in [5, 5.41) is 2.36. The van der Waals surface area contributed by atoms with E-state index in [-0.39, 0.29) is 18.9 Å². The molecule has 0 saturated carbocycles. The molecule has 1 N–H and O–H groups in total. The van der Waals surface area contributed by atoms with E-state index >= 15 is 0 Å². The maximum atomic E-state index is 13.2. The molecule has 2 aliphatic heterocycles. The van der Waals surface area contributed by atoms with Crippen molar-refractivity contribution >= 4 is 28.8 Å². The van der Waals surface area contributed by atoms with Gasteiger partial charge in [-0.05, 0) is 30.2 Å². The molecule has 0 bridgehead atoms. The molecule has 3 amide bonds. The second-order valence-electron chi connectivity index (χ2n) is 7.73. The van der Waals surface area contributed by atoms with E-state index in [1.165, 1.54) is 0 Å². The van der Waals surface area contributed by atoms with E-state index < -0.39 is 17.2 Å². The third kappa shape index (κ3) is 2.47. The topological polar surface area (TPSA) is 92.5 Å². The van der Waals surface area contributed by atoms with Crippen LogP contribution in [0.3, 0.4) is 0 Å². The lowest BCUT2D eigenvalue weighted by atomic mass is 9.82. The van der Waals surface area contributed by atoms with Gasteiger partial charge in [-0.3, -0.25) is 24.7 Å². The molecule has 1 fully saturated rings. The minimum absolute atomic E-state index is 0.000960. The highest BCUT2D eigenvalue weighted by molar-refractivity contribution is 6.10. The van der Waals surface area contributed by atoms with Crippen molar-refractivity contribution in [2.24, 2.45) is 0 Å². The number of pyridine rings is 1. The first-order valence-electron chi connectivity index (χ1n) is 9.50. The van der Waals surface area contributed by atoms with E-state index in [0.29, 0.717) is 34.5 Å². The first-order chi connectivity index (χ1) is 14.4. The molecule has 0 aliphatic carbocycles. The molecule has 1 atom stereocenters. The molecular formula is C23H17N3O4. The lowest BCUT2D eigenvalue weighted by molar-refractivity contribution is -0.126. The second kappa shape index (κ2) is 6.29. The summed E-state index contributed by atoms with van der Waals surface area (Å²) in [6.07, 6.45) is 7.16. The largest absolute Gasteiger partial charge is 0.458 e. The Hall–Kier alpha value is -3.92. The third-order valence-electron chi connectivity index (χ3n) is 5.88. The Morgan fingerprint density at radius 3 is 2.83 bits per heavy atom. The molecule has 0 unspecified atom stereocenters. The average Bonchev–Trinajstić information content (AvgIpc) is 3.37. The van der Waals surface area contributed by atoms with Gasteiger partial charge in [-0.2, -0.15) is 0 Å². The number of nitrogens with zero attached hydrogens (tertiary/aromatic N) is 2. The zero-order chi connectivity index (χ0) is 21.0. The fourth-order valence-electron chi connectivity index (χ4n) is 4.36. The van der Waals surface area contributed by atoms with E-state index in [1.54, 1.807) is 29.3 Å². The van der Waals surface area contributed by atoms with Gasteiger partial charge in [-0.15, -0.1) is 6.42 Å². The number of benzene rings is 1. The first-order valence-corrected chi connectivity index (χ1v) is 9.50. The van der Waals surface area contributed by atoms with E-state index in [4.69, 9.17) is 10.8 Å². The van der Waals surface area contributed by atoms with Gasteiger partial charge in [-0.25, -0.2) is 0 Å². The second-order valence-corrected chi connectivity index (χ2v) is 7.73. The van der Waals surface area contributed by atoms with Gasteiger partial charge in [0.2, 0.25) is 11.8 Å². The van der Waals surface area contributed by atoms with E-state index in [2.05, 4.69) is 16.2 Å². The summed E-state index contributed by atoms with van der Waals surface area (Å²) in [5.41, 5.74) is 2.49. The zero-order valence-corrected chi connectivity index (χ0v) is 16.2. The van der Waals surface area contributed by atoms with Gasteiger partial charge in [0.15, 0.2) is 5.58 Å². The highest BCUT2D eigenvalue weighted by Crippen LogP contribution is 2.39. The number of amides is 3. The quantitative estimate of drug-likeness (QED) is 0.538. The molecule has 2 aliphatic rings. The van der Waals surface area contributed by atoms with E-state index in [0.717, 1.165) is 11.1 Å². The molecule has 0 spiro atoms. The highest BCUT2D eigenvalue weighted by Gasteiger charge is 2.53. The molecule has 2 aromatic heterocycles. The van der Waals surface area contributed by atoms with Gasteiger partial charge in [0.05, 0.1) is 12.0 Å². The van der Waals surface area contributed by atoms with Crippen LogP contribution < -0.4 is 5.32 Å². The summed E-state index contributed by atoms with van der Waals surface area (Å²) in [4.78, 5) is 44.1. The Morgan fingerprint density at radius 1 is 1.30 bits per heavy atom. The van der Waals surface area contributed by atoms with Crippen molar-refractivity contribution in [1.29, 1.82) is 0 Å². The average molecular weight is 399 g/mol. The molecule has 0 radical (unpaired) electrons. The SMILES string of the molecule is C#Cc1c(C)ccc2c1C(=O)N(C[C@@]1(c3cc4ncccc4o3)CC(=O)NC1=O)C2. The highest BCUT2D eigenvalue weighted by atomic mass is 16.3. The summed E-state index contributed by atoms with van der Waals surface area (Å²) in [5.74, 6) is 1.79. The molecule has 7 heteroatoms. The van der Waals surface area contributed by atoms with Crippen LogP contribution >= 0.6 is 0 Å². The minimum Gasteiger partial charge on any atom is -0.458 e. The van der Waals surface area contributed by atoms with Crippen molar-refractivity contribution in [2.75, 3.05) is 6.54 Å². The smallest absolute Gasteiger partial charge is 0.255 e. The molecule has 1 aromatic carbocycles. The van der Waals surface area contributed by atoms with Gasteiger partial charge in [0, 0.05) is 30.9 Å². The van der Waals surface area contributed by atoms with Crippen LogP contribution in [0.5, 0.6) is 0 Å². The number of nitrogens with one attached hydrogen (secondary N) is 1. The number of terminal acetylenes is 1. The van der Waals surface area contributed by atoms with Crippen LogP contribution in [0.4, 0.5) is 0 Å². The van der Waals surface area contributed by atoms with Gasteiger partial charge in [0.1, 0.15) is 16.7 Å². The number of aryl methyl sites for hydroxylation is 1. The van der Waals surface area contributed by atoms with Crippen molar-refractivity contribution in [3.05, 3.63) is 64.5 Å². The van der Waals surface area contributed by atoms with Gasteiger partial charge in [0.25, 0.3) is 5.91 Å². The summed E-state index contributed by atoms with van der Waals surface area (Å²) in [6.45, 7) is 2.17. The number of fused-ring (bicyclic) bond motifs is 2. The number of rotatable bonds is 3. The number of aromatic nitrogens is 1. The fourth-order valence-corrected chi connectivity index (χ4v) is 4.36. The Morgan fingerprint density at radius 2 is 2.13 bits per heavy atom. The molecule has 148 valence electrons. The Balaban J connectivity index is 1.58. The number of imide groups is 1. The van der Waals surface area contributed by atoms with Gasteiger partial charge < -0.3 is 9.32 Å². The van der Waals surface area contributed by atoms with Crippen LogP contribution in [-0.2, 0) is 21.5 Å². The summed E-state index contributed by atoms with van der Waals surface area (Å²) < 4.78 is 5.91. The normalized spacial score (nSPS) is 20.5. The number of hydrogen-bond acceptors (Lipinski definition) is 5. The van der Waals surface area contributed by atoms with Crippen LogP contribution in [0.2, 0.25) is 0 Å². The van der Waals surface area contributed by atoms with Crippen LogP contribution in [0, 0.1) is 19.3 Å². The first kappa shape index (κ1) is 18.1. The van der Waals surface area contributed by atoms with Gasteiger partial charge >= 0.3 is 0 Å². The van der Waals surface area contributed by atoms with Crippen molar-refractivity contribution in [3.8, 4) is 12.3 Å². The monoisotopic (exact) mass is 399 g/mol. The Kier molecular flexibility index (Phi) is 3.80. The number of hydrogen-bond donors (Lipinski definition) is 1. The standard InChI is InChI=1S/C23H17N3O4/c1-3-15-13(2)6-7-14-11-26(21(28)20(14)15)12-23(10-19(27)25-22(23)29)18-9-16-17(30-18)5-4-8-24-16/h1,4-9H,10-12H2,2H3,(H,25,27,29)/t23-/m1/s1.